The van der Waals surface area contributed by atoms with Crippen molar-refractivity contribution in [3.8, 4) is 0 Å². The number of nitrogens with zero attached hydrogens (tertiary/aromatic N) is 1. The number of amides is 2. The molecule has 2 rings (SSSR count). The van der Waals surface area contributed by atoms with Crippen LogP contribution in [0.3, 0.4) is 0 Å². The van der Waals surface area contributed by atoms with Crippen molar-refractivity contribution in [3.05, 3.63) is 29.6 Å². The molecule has 0 aliphatic carbocycles. The Morgan fingerprint density at radius 2 is 2.19 bits per heavy atom. The number of nitrogens with one attached hydrogen (secondary N) is 2. The van der Waals surface area contributed by atoms with Crippen molar-refractivity contribution in [1.82, 2.24) is 10.2 Å². The Labute approximate surface area is 123 Å². The molecule has 0 bridgehead atoms. The Hall–Kier alpha value is -1.95. The highest BCUT2D eigenvalue weighted by atomic mass is 19.1. The molecule has 1 aliphatic heterocycles. The van der Waals surface area contributed by atoms with Gasteiger partial charge in [-0.25, -0.2) is 4.39 Å². The van der Waals surface area contributed by atoms with Gasteiger partial charge in [-0.2, -0.15) is 0 Å². The summed E-state index contributed by atoms with van der Waals surface area (Å²) in [7, 11) is 1.83. The highest BCUT2D eigenvalue weighted by Crippen LogP contribution is 2.23. The molecule has 1 fully saturated rings. The number of anilines is 1. The summed E-state index contributed by atoms with van der Waals surface area (Å²) >= 11 is 0. The summed E-state index contributed by atoms with van der Waals surface area (Å²) < 4.78 is 13.9. The number of halogens is 1. The maximum atomic E-state index is 13.9. The van der Waals surface area contributed by atoms with E-state index < -0.39 is 5.82 Å². The van der Waals surface area contributed by atoms with Gasteiger partial charge in [0.25, 0.3) is 5.91 Å². The zero-order valence-electron chi connectivity index (χ0n) is 12.3. The van der Waals surface area contributed by atoms with Gasteiger partial charge >= 0.3 is 0 Å². The number of rotatable bonds is 4. The van der Waals surface area contributed by atoms with E-state index in [2.05, 4.69) is 10.6 Å². The molecule has 1 unspecified atom stereocenters. The van der Waals surface area contributed by atoms with Crippen LogP contribution in [0.25, 0.3) is 0 Å². The Morgan fingerprint density at radius 3 is 2.86 bits per heavy atom. The molecule has 0 saturated carbocycles. The van der Waals surface area contributed by atoms with E-state index >= 15 is 0 Å². The van der Waals surface area contributed by atoms with Crippen LogP contribution in [0.1, 0.15) is 30.1 Å². The number of hydrogen-bond donors (Lipinski definition) is 2. The van der Waals surface area contributed by atoms with E-state index in [0.717, 1.165) is 12.8 Å². The lowest BCUT2D eigenvalue weighted by molar-refractivity contribution is -0.114. The first kappa shape index (κ1) is 15.4. The summed E-state index contributed by atoms with van der Waals surface area (Å²) in [6, 6.07) is 4.14. The van der Waals surface area contributed by atoms with E-state index in [4.69, 9.17) is 0 Å². The summed E-state index contributed by atoms with van der Waals surface area (Å²) in [5.74, 6) is -1.14. The predicted molar refractivity (Wildman–Crippen MR) is 78.7 cm³/mol. The van der Waals surface area contributed by atoms with Gasteiger partial charge in [-0.05, 0) is 38.1 Å². The third kappa shape index (κ3) is 3.58. The lowest BCUT2D eigenvalue weighted by Crippen LogP contribution is -2.41. The van der Waals surface area contributed by atoms with E-state index in [1.54, 1.807) is 4.90 Å². The molecule has 21 heavy (non-hydrogen) atoms. The molecule has 6 heteroatoms. The summed E-state index contributed by atoms with van der Waals surface area (Å²) in [4.78, 5) is 25.3. The van der Waals surface area contributed by atoms with Gasteiger partial charge in [-0.1, -0.05) is 0 Å². The lowest BCUT2D eigenvalue weighted by Gasteiger charge is -2.25. The first-order valence-corrected chi connectivity index (χ1v) is 7.05. The molecule has 1 heterocycles. The minimum absolute atomic E-state index is 0.00394. The van der Waals surface area contributed by atoms with Crippen molar-refractivity contribution in [2.45, 2.75) is 25.8 Å². The van der Waals surface area contributed by atoms with Crippen molar-refractivity contribution in [2.24, 2.45) is 0 Å². The van der Waals surface area contributed by atoms with E-state index in [1.807, 2.05) is 7.05 Å². The molecule has 1 aliphatic rings. The van der Waals surface area contributed by atoms with Crippen LogP contribution in [0, 0.1) is 5.82 Å². The van der Waals surface area contributed by atoms with Gasteiger partial charge in [0, 0.05) is 31.7 Å². The SMILES string of the molecule is CNCC1CCCN1C(=O)c1cc(NC(C)=O)ccc1F. The number of carbonyl (C=O) groups excluding carboxylic acids is 2. The zero-order chi connectivity index (χ0) is 15.4. The van der Waals surface area contributed by atoms with Crippen LogP contribution in [0.15, 0.2) is 18.2 Å². The van der Waals surface area contributed by atoms with Crippen LogP contribution in [0.4, 0.5) is 10.1 Å². The molecule has 114 valence electrons. The van der Waals surface area contributed by atoms with E-state index in [9.17, 15) is 14.0 Å². The molecule has 1 saturated heterocycles. The highest BCUT2D eigenvalue weighted by molar-refractivity contribution is 5.97. The maximum Gasteiger partial charge on any atom is 0.257 e. The van der Waals surface area contributed by atoms with Gasteiger partial charge < -0.3 is 15.5 Å². The van der Waals surface area contributed by atoms with Crippen LogP contribution >= 0.6 is 0 Å². The first-order chi connectivity index (χ1) is 10.0. The van der Waals surface area contributed by atoms with E-state index in [-0.39, 0.29) is 23.4 Å². The second kappa shape index (κ2) is 6.67. The second-order valence-corrected chi connectivity index (χ2v) is 5.23. The molecular weight excluding hydrogens is 273 g/mol. The maximum absolute atomic E-state index is 13.9. The molecule has 5 nitrogen and oxygen atoms in total. The quantitative estimate of drug-likeness (QED) is 0.886. The van der Waals surface area contributed by atoms with E-state index in [0.29, 0.717) is 18.8 Å². The molecular formula is C15H20FN3O2. The summed E-state index contributed by atoms with van der Waals surface area (Å²) in [5, 5.41) is 5.62. The summed E-state index contributed by atoms with van der Waals surface area (Å²) in [5.41, 5.74) is 0.431. The van der Waals surface area contributed by atoms with Crippen molar-refractivity contribution in [3.63, 3.8) is 0 Å². The van der Waals surface area contributed by atoms with Crippen LogP contribution in [-0.4, -0.2) is 42.9 Å². The zero-order valence-corrected chi connectivity index (χ0v) is 12.3. The number of carbonyl (C=O) groups is 2. The highest BCUT2D eigenvalue weighted by Gasteiger charge is 2.30. The molecule has 2 amide bonds. The summed E-state index contributed by atoms with van der Waals surface area (Å²) in [6.45, 7) is 2.70. The van der Waals surface area contributed by atoms with Crippen molar-refractivity contribution in [1.29, 1.82) is 0 Å². The molecule has 1 aromatic carbocycles. The second-order valence-electron chi connectivity index (χ2n) is 5.23. The molecule has 1 atom stereocenters. The first-order valence-electron chi connectivity index (χ1n) is 7.05. The molecule has 0 spiro atoms. The van der Waals surface area contributed by atoms with Gasteiger partial charge in [-0.15, -0.1) is 0 Å². The fourth-order valence-electron chi connectivity index (χ4n) is 2.68. The van der Waals surface area contributed by atoms with Crippen molar-refractivity contribution in [2.75, 3.05) is 25.5 Å². The van der Waals surface area contributed by atoms with Crippen molar-refractivity contribution < 1.29 is 14.0 Å². The van der Waals surface area contributed by atoms with Crippen LogP contribution in [-0.2, 0) is 4.79 Å². The van der Waals surface area contributed by atoms with Crippen LogP contribution in [0.5, 0.6) is 0 Å². The van der Waals surface area contributed by atoms with Crippen LogP contribution < -0.4 is 10.6 Å². The number of hydrogen-bond acceptors (Lipinski definition) is 3. The van der Waals surface area contributed by atoms with Crippen molar-refractivity contribution >= 4 is 17.5 Å². The molecule has 2 N–H and O–H groups in total. The lowest BCUT2D eigenvalue weighted by atomic mass is 10.1. The standard InChI is InChI=1S/C15H20FN3O2/c1-10(20)18-11-5-6-14(16)13(8-11)15(21)19-7-3-4-12(19)9-17-2/h5-6,8,12,17H,3-4,7,9H2,1-2H3,(H,18,20). The largest absolute Gasteiger partial charge is 0.334 e. The third-order valence-electron chi connectivity index (χ3n) is 3.59. The topological polar surface area (TPSA) is 61.4 Å². The average molecular weight is 293 g/mol. The Bertz CT molecular complexity index is 548. The minimum atomic E-state index is -0.566. The van der Waals surface area contributed by atoms with Gasteiger partial charge in [0.05, 0.1) is 5.56 Å². The van der Waals surface area contributed by atoms with Crippen LogP contribution in [0.2, 0.25) is 0 Å². The summed E-state index contributed by atoms with van der Waals surface area (Å²) in [6.07, 6.45) is 1.84. The predicted octanol–water partition coefficient (Wildman–Crippen LogP) is 1.61. The number of likely N-dealkylation sites (N-methyl/N-ethyl adjacent to an activating group) is 1. The van der Waals surface area contributed by atoms with Gasteiger partial charge in [0.15, 0.2) is 0 Å². The Balaban J connectivity index is 2.23. The van der Waals surface area contributed by atoms with Gasteiger partial charge in [0.2, 0.25) is 5.91 Å². The van der Waals surface area contributed by atoms with Gasteiger partial charge in [0.1, 0.15) is 5.82 Å². The van der Waals surface area contributed by atoms with E-state index in [1.165, 1.54) is 25.1 Å². The number of benzene rings is 1. The fraction of sp³-hybridized carbons (Fsp3) is 0.467. The Morgan fingerprint density at radius 1 is 1.43 bits per heavy atom. The fourth-order valence-corrected chi connectivity index (χ4v) is 2.68. The normalized spacial score (nSPS) is 17.9. The monoisotopic (exact) mass is 293 g/mol. The van der Waals surface area contributed by atoms with Gasteiger partial charge in [-0.3, -0.25) is 9.59 Å². The third-order valence-corrected chi connectivity index (χ3v) is 3.59. The molecule has 0 aromatic heterocycles. The number of likely N-dealkylation sites (tertiary alicyclic amines) is 1. The Kier molecular flexibility index (Phi) is 4.90. The molecule has 1 aromatic rings. The smallest absolute Gasteiger partial charge is 0.257 e. The molecule has 0 radical (unpaired) electrons. The minimum Gasteiger partial charge on any atom is -0.334 e. The average Bonchev–Trinajstić information content (AvgIpc) is 2.88.